The molecule has 0 bridgehead atoms. The Kier molecular flexibility index (Phi) is 17.2. The molecule has 0 aromatic heterocycles. The van der Waals surface area contributed by atoms with E-state index >= 15 is 0 Å². The topological polar surface area (TPSA) is 84.9 Å². The van der Waals surface area contributed by atoms with Crippen molar-refractivity contribution in [2.24, 2.45) is 0 Å². The first-order valence-corrected chi connectivity index (χ1v) is 9.12. The number of hydrogen-bond acceptors (Lipinski definition) is 6. The molecule has 0 rings (SSSR count). The minimum absolute atomic E-state index is 0. The molecule has 0 amide bonds. The molecule has 0 heterocycles. The standard InChI is InChI=1S/C18H34O6.Ti/c1-5-9-12-22-16(23-13-10-6-2)15(19)18(8-4,17(20)21)24-14-11-7-3;/h16H,5-14H2,1-4H3,(H,20,21);/q;+1/p-1. The van der Waals surface area contributed by atoms with E-state index in [4.69, 9.17) is 14.2 Å². The fourth-order valence-electron chi connectivity index (χ4n) is 2.10. The minimum Gasteiger partial charge on any atom is -0.546 e. The Morgan fingerprint density at radius 1 is 0.880 bits per heavy atom. The quantitative estimate of drug-likeness (QED) is 0.173. The van der Waals surface area contributed by atoms with Gasteiger partial charge in [-0.05, 0) is 25.7 Å². The predicted octanol–water partition coefficient (Wildman–Crippen LogP) is 2.23. The third-order valence-electron chi connectivity index (χ3n) is 3.82. The summed E-state index contributed by atoms with van der Waals surface area (Å²) in [6.45, 7) is 8.41. The minimum atomic E-state index is -2.02. The van der Waals surface area contributed by atoms with E-state index in [2.05, 4.69) is 0 Å². The molecule has 6 nitrogen and oxygen atoms in total. The summed E-state index contributed by atoms with van der Waals surface area (Å²) in [6, 6.07) is 0. The molecule has 0 spiro atoms. The summed E-state index contributed by atoms with van der Waals surface area (Å²) >= 11 is 0. The molecular weight excluding hydrogens is 360 g/mol. The predicted molar refractivity (Wildman–Crippen MR) is 89.4 cm³/mol. The Bertz CT molecular complexity index is 353. The van der Waals surface area contributed by atoms with Crippen LogP contribution < -0.4 is 5.11 Å². The van der Waals surface area contributed by atoms with E-state index in [0.717, 1.165) is 32.1 Å². The molecule has 25 heavy (non-hydrogen) atoms. The van der Waals surface area contributed by atoms with Crippen molar-refractivity contribution in [3.63, 3.8) is 0 Å². The first kappa shape index (κ1) is 27.0. The van der Waals surface area contributed by atoms with Gasteiger partial charge in [0.05, 0.1) is 19.2 Å². The number of carboxylic acids is 1. The number of ketones is 1. The monoisotopic (exact) mass is 393 g/mol. The van der Waals surface area contributed by atoms with Gasteiger partial charge in [0, 0.05) is 6.61 Å². The average Bonchev–Trinajstić information content (AvgIpc) is 2.57. The summed E-state index contributed by atoms with van der Waals surface area (Å²) in [7, 11) is 0. The normalized spacial score (nSPS) is 13.3. The Hall–Kier alpha value is -0.266. The number of ether oxygens (including phenoxy) is 3. The van der Waals surface area contributed by atoms with Crippen LogP contribution in [0.2, 0.25) is 0 Å². The SMILES string of the molecule is CCCCOC(OCCCC)C(=O)C(CC)(OCCCC)C(=O)[O-].[Ti+]. The second kappa shape index (κ2) is 15.9. The first-order valence-electron chi connectivity index (χ1n) is 9.12. The van der Waals surface area contributed by atoms with E-state index < -0.39 is 23.6 Å². The Morgan fingerprint density at radius 3 is 1.68 bits per heavy atom. The Morgan fingerprint density at radius 2 is 1.32 bits per heavy atom. The fourth-order valence-corrected chi connectivity index (χ4v) is 2.10. The zero-order chi connectivity index (χ0) is 18.4. The van der Waals surface area contributed by atoms with Crippen LogP contribution >= 0.6 is 0 Å². The van der Waals surface area contributed by atoms with E-state index in [1.807, 2.05) is 20.8 Å². The van der Waals surface area contributed by atoms with Crippen molar-refractivity contribution in [3.05, 3.63) is 0 Å². The number of rotatable bonds is 16. The van der Waals surface area contributed by atoms with E-state index in [-0.39, 0.29) is 34.7 Å². The van der Waals surface area contributed by atoms with Crippen molar-refractivity contribution in [2.45, 2.75) is 84.5 Å². The summed E-state index contributed by atoms with van der Waals surface area (Å²) in [6.07, 6.45) is 3.59. The maximum Gasteiger partial charge on any atom is 1.00 e. The molecule has 7 heteroatoms. The van der Waals surface area contributed by atoms with E-state index in [1.54, 1.807) is 6.92 Å². The van der Waals surface area contributed by atoms with Crippen LogP contribution in [0.15, 0.2) is 0 Å². The molecule has 0 N–H and O–H groups in total. The van der Waals surface area contributed by atoms with Gasteiger partial charge in [-0.1, -0.05) is 47.0 Å². The number of hydrogen-bond donors (Lipinski definition) is 0. The van der Waals surface area contributed by atoms with E-state index in [0.29, 0.717) is 19.6 Å². The van der Waals surface area contributed by atoms with Crippen LogP contribution in [0, 0.1) is 0 Å². The van der Waals surface area contributed by atoms with Crippen LogP contribution in [0.5, 0.6) is 0 Å². The first-order chi connectivity index (χ1) is 11.5. The van der Waals surface area contributed by atoms with Gasteiger partial charge in [0.25, 0.3) is 0 Å². The summed E-state index contributed by atoms with van der Waals surface area (Å²) in [4.78, 5) is 24.5. The van der Waals surface area contributed by atoms with Gasteiger partial charge in [0.15, 0.2) is 5.60 Å². The summed E-state index contributed by atoms with van der Waals surface area (Å²) in [5.74, 6) is -2.25. The van der Waals surface area contributed by atoms with Crippen LogP contribution in [0.1, 0.15) is 72.6 Å². The van der Waals surface area contributed by atoms with E-state index in [9.17, 15) is 14.7 Å². The third-order valence-corrected chi connectivity index (χ3v) is 3.82. The molecule has 0 saturated heterocycles. The van der Waals surface area contributed by atoms with Gasteiger partial charge in [-0.15, -0.1) is 0 Å². The van der Waals surface area contributed by atoms with Crippen molar-refractivity contribution in [1.82, 2.24) is 0 Å². The molecule has 145 valence electrons. The average molecular weight is 393 g/mol. The molecule has 0 aromatic carbocycles. The molecule has 1 atom stereocenters. The summed E-state index contributed by atoms with van der Waals surface area (Å²) in [5.41, 5.74) is -2.02. The molecule has 0 aliphatic carbocycles. The summed E-state index contributed by atoms with van der Waals surface area (Å²) < 4.78 is 16.5. The maximum atomic E-state index is 12.8. The van der Waals surface area contributed by atoms with Crippen LogP contribution in [-0.2, 0) is 45.5 Å². The number of carbonyl (C=O) groups excluding carboxylic acids is 2. The molecule has 0 fully saturated rings. The van der Waals surface area contributed by atoms with Gasteiger partial charge in [-0.3, -0.25) is 4.79 Å². The zero-order valence-electron chi connectivity index (χ0n) is 16.1. The molecule has 1 radical (unpaired) electrons. The summed E-state index contributed by atoms with van der Waals surface area (Å²) in [5, 5.41) is 11.7. The van der Waals surface area contributed by atoms with Crippen LogP contribution in [0.25, 0.3) is 0 Å². The van der Waals surface area contributed by atoms with E-state index in [1.165, 1.54) is 0 Å². The number of carboxylic acid groups (broad SMARTS) is 1. The molecule has 1 unspecified atom stereocenters. The van der Waals surface area contributed by atoms with Gasteiger partial charge in [-0.2, -0.15) is 0 Å². The second-order valence-corrected chi connectivity index (χ2v) is 5.81. The molecule has 0 aliphatic heterocycles. The molecular formula is C18H33O6Ti. The van der Waals surface area contributed by atoms with Crippen molar-refractivity contribution in [2.75, 3.05) is 19.8 Å². The second-order valence-electron chi connectivity index (χ2n) is 5.81. The van der Waals surface area contributed by atoms with Crippen molar-refractivity contribution in [1.29, 1.82) is 0 Å². The van der Waals surface area contributed by atoms with Gasteiger partial charge < -0.3 is 24.1 Å². The molecule has 0 saturated carbocycles. The van der Waals surface area contributed by atoms with Gasteiger partial charge >= 0.3 is 21.7 Å². The van der Waals surface area contributed by atoms with Crippen molar-refractivity contribution < 1.29 is 50.6 Å². The molecule has 0 aliphatic rings. The van der Waals surface area contributed by atoms with Crippen molar-refractivity contribution >= 4 is 11.8 Å². The van der Waals surface area contributed by atoms with Gasteiger partial charge in [0.1, 0.15) is 0 Å². The maximum absolute atomic E-state index is 12.8. The Labute approximate surface area is 166 Å². The fraction of sp³-hybridized carbons (Fsp3) is 0.889. The number of aliphatic carboxylic acids is 1. The zero-order valence-corrected chi connectivity index (χ0v) is 17.7. The third kappa shape index (κ3) is 9.29. The number of Topliss-reactive ketones (excluding diaryl/α,β-unsaturated/α-hetero) is 1. The number of carbonyl (C=O) groups is 2. The Balaban J connectivity index is 0. The number of unbranched alkanes of at least 4 members (excludes halogenated alkanes) is 3. The largest absolute Gasteiger partial charge is 1.00 e. The van der Waals surface area contributed by atoms with Gasteiger partial charge in [-0.25, -0.2) is 0 Å². The van der Waals surface area contributed by atoms with Crippen LogP contribution in [-0.4, -0.2) is 43.5 Å². The van der Waals surface area contributed by atoms with Crippen LogP contribution in [0.3, 0.4) is 0 Å². The molecule has 0 aromatic rings. The smallest absolute Gasteiger partial charge is 0.546 e. The van der Waals surface area contributed by atoms with Crippen LogP contribution in [0.4, 0.5) is 0 Å². The van der Waals surface area contributed by atoms with Gasteiger partial charge in [0.2, 0.25) is 12.1 Å². The van der Waals surface area contributed by atoms with Crippen molar-refractivity contribution in [3.8, 4) is 0 Å².